The Morgan fingerprint density at radius 1 is 1.10 bits per heavy atom. The van der Waals surface area contributed by atoms with Crippen LogP contribution in [0.25, 0.3) is 16.8 Å². The Morgan fingerprint density at radius 3 is 2.57 bits per heavy atom. The minimum Gasteiger partial charge on any atom is -0.497 e. The molecule has 8 heteroatoms. The van der Waals surface area contributed by atoms with Crippen LogP contribution < -0.4 is 14.8 Å². The van der Waals surface area contributed by atoms with Crippen LogP contribution in [-0.4, -0.2) is 34.7 Å². The highest BCUT2D eigenvalue weighted by Gasteiger charge is 2.18. The maximum atomic E-state index is 13.8. The quantitative estimate of drug-likeness (QED) is 0.528. The Balaban J connectivity index is 1.67. The topological polar surface area (TPSA) is 77.8 Å². The van der Waals surface area contributed by atoms with Gasteiger partial charge in [0.05, 0.1) is 26.2 Å². The number of ether oxygens (including phenoxy) is 2. The van der Waals surface area contributed by atoms with Crippen molar-refractivity contribution in [2.45, 2.75) is 6.42 Å². The zero-order chi connectivity index (χ0) is 21.1. The number of fused-ring (bicyclic) bond motifs is 1. The number of hydrogen-bond acceptors (Lipinski definition) is 5. The van der Waals surface area contributed by atoms with Crippen molar-refractivity contribution in [3.05, 3.63) is 72.3 Å². The van der Waals surface area contributed by atoms with E-state index >= 15 is 0 Å². The van der Waals surface area contributed by atoms with Crippen molar-refractivity contribution in [3.63, 3.8) is 0 Å². The average molecular weight is 406 g/mol. The molecule has 2 aromatic heterocycles. The molecule has 0 unspecified atom stereocenters. The molecule has 0 aliphatic carbocycles. The minimum absolute atomic E-state index is 0.0808. The van der Waals surface area contributed by atoms with E-state index in [0.717, 1.165) is 5.56 Å². The number of methoxy groups -OCH3 is 2. The predicted molar refractivity (Wildman–Crippen MR) is 110 cm³/mol. The fraction of sp³-hybridized carbons (Fsp3) is 0.136. The largest absolute Gasteiger partial charge is 0.497 e. The lowest BCUT2D eigenvalue weighted by molar-refractivity contribution is -0.115. The van der Waals surface area contributed by atoms with Crippen LogP contribution in [0.2, 0.25) is 0 Å². The molecule has 1 amide bonds. The van der Waals surface area contributed by atoms with Crippen LogP contribution in [0, 0.1) is 5.82 Å². The van der Waals surface area contributed by atoms with E-state index in [2.05, 4.69) is 15.4 Å². The van der Waals surface area contributed by atoms with Crippen LogP contribution in [0.3, 0.4) is 0 Å². The van der Waals surface area contributed by atoms with Gasteiger partial charge in [-0.15, -0.1) is 5.10 Å². The molecule has 1 N–H and O–H groups in total. The lowest BCUT2D eigenvalue weighted by Crippen LogP contribution is -2.15. The Hall–Kier alpha value is -3.94. The summed E-state index contributed by atoms with van der Waals surface area (Å²) >= 11 is 0. The van der Waals surface area contributed by atoms with Crippen molar-refractivity contribution in [1.82, 2.24) is 14.6 Å². The fourth-order valence-electron chi connectivity index (χ4n) is 3.21. The molecule has 152 valence electrons. The van der Waals surface area contributed by atoms with Crippen LogP contribution in [-0.2, 0) is 11.2 Å². The molecule has 0 aliphatic heterocycles. The number of hydrogen-bond donors (Lipinski definition) is 1. The molecule has 2 aromatic carbocycles. The van der Waals surface area contributed by atoms with E-state index < -0.39 is 0 Å². The monoisotopic (exact) mass is 406 g/mol. The molecule has 0 saturated heterocycles. The number of aromatic nitrogens is 3. The van der Waals surface area contributed by atoms with Gasteiger partial charge >= 0.3 is 0 Å². The summed E-state index contributed by atoms with van der Waals surface area (Å²) in [4.78, 5) is 17.1. The third kappa shape index (κ3) is 3.93. The molecule has 7 nitrogen and oxygen atoms in total. The Kier molecular flexibility index (Phi) is 5.30. The second-order valence-electron chi connectivity index (χ2n) is 6.57. The van der Waals surface area contributed by atoms with E-state index in [1.54, 1.807) is 67.5 Å². The van der Waals surface area contributed by atoms with Gasteiger partial charge in [-0.3, -0.25) is 4.79 Å². The zero-order valence-electron chi connectivity index (χ0n) is 16.4. The summed E-state index contributed by atoms with van der Waals surface area (Å²) in [5.41, 5.74) is 2.35. The first-order chi connectivity index (χ1) is 14.6. The number of carbonyl (C=O) groups excluding carboxylic acids is 1. The first-order valence-electron chi connectivity index (χ1n) is 9.18. The number of anilines is 1. The number of amides is 1. The van der Waals surface area contributed by atoms with Crippen LogP contribution >= 0.6 is 0 Å². The van der Waals surface area contributed by atoms with Crippen molar-refractivity contribution in [2.75, 3.05) is 19.5 Å². The van der Waals surface area contributed by atoms with E-state index in [9.17, 15) is 9.18 Å². The van der Waals surface area contributed by atoms with E-state index in [1.165, 1.54) is 12.1 Å². The van der Waals surface area contributed by atoms with Gasteiger partial charge < -0.3 is 14.8 Å². The minimum atomic E-state index is -0.386. The molecule has 30 heavy (non-hydrogen) atoms. The predicted octanol–water partition coefficient (Wildman–Crippen LogP) is 3.73. The molecular formula is C22H19FN4O3. The van der Waals surface area contributed by atoms with Crippen molar-refractivity contribution < 1.29 is 18.7 Å². The van der Waals surface area contributed by atoms with Gasteiger partial charge in [-0.25, -0.2) is 13.9 Å². The maximum absolute atomic E-state index is 13.8. The summed E-state index contributed by atoms with van der Waals surface area (Å²) in [6, 6.07) is 13.1. The molecule has 0 aliphatic rings. The van der Waals surface area contributed by atoms with Gasteiger partial charge in [0.25, 0.3) is 0 Å². The summed E-state index contributed by atoms with van der Waals surface area (Å²) in [6.45, 7) is 0. The van der Waals surface area contributed by atoms with Gasteiger partial charge in [0.1, 0.15) is 17.3 Å². The van der Waals surface area contributed by atoms with Crippen molar-refractivity contribution in [3.8, 4) is 22.6 Å². The molecule has 0 saturated carbocycles. The first-order valence-corrected chi connectivity index (χ1v) is 9.18. The van der Waals surface area contributed by atoms with Crippen LogP contribution in [0.5, 0.6) is 11.5 Å². The Morgan fingerprint density at radius 2 is 1.87 bits per heavy atom. The zero-order valence-corrected chi connectivity index (χ0v) is 16.4. The van der Waals surface area contributed by atoms with Gasteiger partial charge in [-0.2, -0.15) is 0 Å². The standard InChI is InChI=1S/C22H19FN4O3/c1-29-17-9-14(10-18(13-17)30-2)11-19(28)25-21-20(15-5-3-6-16(23)12-15)22-24-7-4-8-27(22)26-21/h3-10,12-13H,11H2,1-2H3,(H,25,26,28). The highest BCUT2D eigenvalue weighted by atomic mass is 19.1. The molecule has 0 radical (unpaired) electrons. The molecular weight excluding hydrogens is 387 g/mol. The third-order valence-corrected chi connectivity index (χ3v) is 4.54. The molecule has 2 heterocycles. The molecule has 4 rings (SSSR count). The van der Waals surface area contributed by atoms with Crippen molar-refractivity contribution >= 4 is 17.4 Å². The van der Waals surface area contributed by atoms with E-state index in [0.29, 0.717) is 34.1 Å². The number of nitrogens with one attached hydrogen (secondary N) is 1. The van der Waals surface area contributed by atoms with Gasteiger partial charge in [0, 0.05) is 18.5 Å². The number of carbonyl (C=O) groups is 1. The SMILES string of the molecule is COc1cc(CC(=O)Nc2nn3cccnc3c2-c2cccc(F)c2)cc(OC)c1. The number of nitrogens with zero attached hydrogens (tertiary/aromatic N) is 3. The Bertz CT molecular complexity index is 1200. The summed E-state index contributed by atoms with van der Waals surface area (Å²) in [6.07, 6.45) is 3.42. The second kappa shape index (κ2) is 8.20. The smallest absolute Gasteiger partial charge is 0.230 e. The molecule has 0 bridgehead atoms. The molecule has 0 atom stereocenters. The van der Waals surface area contributed by atoms with Gasteiger partial charge in [0.2, 0.25) is 5.91 Å². The molecule has 4 aromatic rings. The van der Waals surface area contributed by atoms with Crippen molar-refractivity contribution in [2.24, 2.45) is 0 Å². The van der Waals surface area contributed by atoms with Gasteiger partial charge in [-0.1, -0.05) is 12.1 Å². The van der Waals surface area contributed by atoms with E-state index in [1.807, 2.05) is 0 Å². The van der Waals surface area contributed by atoms with E-state index in [-0.39, 0.29) is 18.1 Å². The highest BCUT2D eigenvalue weighted by molar-refractivity contribution is 5.98. The summed E-state index contributed by atoms with van der Waals surface area (Å²) in [7, 11) is 3.10. The van der Waals surface area contributed by atoms with Gasteiger partial charge in [-0.05, 0) is 41.5 Å². The lowest BCUT2D eigenvalue weighted by atomic mass is 10.1. The maximum Gasteiger partial charge on any atom is 0.230 e. The summed E-state index contributed by atoms with van der Waals surface area (Å²) in [5.74, 6) is 0.818. The van der Waals surface area contributed by atoms with Gasteiger partial charge in [0.15, 0.2) is 11.5 Å². The van der Waals surface area contributed by atoms with E-state index in [4.69, 9.17) is 9.47 Å². The Labute approximate surface area is 172 Å². The average Bonchev–Trinajstić information content (AvgIpc) is 3.10. The fourth-order valence-corrected chi connectivity index (χ4v) is 3.21. The first kappa shape index (κ1) is 19.4. The number of halogens is 1. The second-order valence-corrected chi connectivity index (χ2v) is 6.57. The lowest BCUT2D eigenvalue weighted by Gasteiger charge is -2.09. The van der Waals surface area contributed by atoms with Crippen LogP contribution in [0.15, 0.2) is 60.9 Å². The van der Waals surface area contributed by atoms with Crippen molar-refractivity contribution in [1.29, 1.82) is 0 Å². The number of benzene rings is 2. The molecule has 0 fully saturated rings. The van der Waals surface area contributed by atoms with Crippen LogP contribution in [0.4, 0.5) is 10.2 Å². The molecule has 0 spiro atoms. The highest BCUT2D eigenvalue weighted by Crippen LogP contribution is 2.31. The summed E-state index contributed by atoms with van der Waals surface area (Å²) in [5, 5.41) is 7.24. The summed E-state index contributed by atoms with van der Waals surface area (Å²) < 4.78 is 25.9. The number of rotatable bonds is 6. The third-order valence-electron chi connectivity index (χ3n) is 4.54. The normalized spacial score (nSPS) is 10.8. The van der Waals surface area contributed by atoms with Crippen LogP contribution in [0.1, 0.15) is 5.56 Å².